The molecule has 1 N–H and O–H groups in total. The number of carbonyl (C=O) groups is 2. The fraction of sp³-hybridized carbons (Fsp3) is 0.385. The number of amides is 1. The number of likely N-dealkylation sites (N-methyl/N-ethyl adjacent to an activating group) is 1. The highest BCUT2D eigenvalue weighted by molar-refractivity contribution is 6.46. The minimum absolute atomic E-state index is 0.132. The molecule has 11 nitrogen and oxygen atoms in total. The Morgan fingerprint density at radius 2 is 1.59 bits per heavy atom. The first-order valence-corrected chi connectivity index (χ1v) is 11.8. The highest BCUT2D eigenvalue weighted by Gasteiger charge is 2.46. The predicted molar refractivity (Wildman–Crippen MR) is 136 cm³/mol. The number of aliphatic hydroxyl groups is 1. The van der Waals surface area contributed by atoms with E-state index < -0.39 is 28.4 Å². The molecule has 0 aliphatic carbocycles. The molecule has 0 bridgehead atoms. The third-order valence-corrected chi connectivity index (χ3v) is 6.45. The number of carbonyl (C=O) groups excluding carboxylic acids is 2. The van der Waals surface area contributed by atoms with Crippen LogP contribution in [0, 0.1) is 10.1 Å². The molecule has 11 heteroatoms. The zero-order valence-electron chi connectivity index (χ0n) is 21.5. The maximum atomic E-state index is 13.3. The summed E-state index contributed by atoms with van der Waals surface area (Å²) in [6, 6.07) is 7.42. The van der Waals surface area contributed by atoms with Gasteiger partial charge in [0.15, 0.2) is 11.5 Å². The summed E-state index contributed by atoms with van der Waals surface area (Å²) in [4.78, 5) is 40.5. The van der Waals surface area contributed by atoms with Crippen LogP contribution >= 0.6 is 0 Å². The molecule has 1 aliphatic heterocycles. The van der Waals surface area contributed by atoms with Gasteiger partial charge in [-0.05, 0) is 42.9 Å². The second-order valence-corrected chi connectivity index (χ2v) is 8.28. The number of nitrogens with zero attached hydrogens (tertiary/aromatic N) is 3. The summed E-state index contributed by atoms with van der Waals surface area (Å²) in [6.07, 6.45) is 0. The number of aliphatic hydroxyl groups excluding tert-OH is 1. The summed E-state index contributed by atoms with van der Waals surface area (Å²) in [5.74, 6) is -1.06. The number of methoxy groups -OCH3 is 3. The van der Waals surface area contributed by atoms with Crippen molar-refractivity contribution in [3.63, 3.8) is 0 Å². The largest absolute Gasteiger partial charge is 0.507 e. The third kappa shape index (κ3) is 5.36. The standard InChI is InChI=1S/C26H31N3O8/c1-6-27(7-2)12-13-28-22(17-14-19(35-3)25(37-5)20(15-17)36-4)21(24(31)26(28)32)23(30)16-8-10-18(11-9-16)29(33)34/h8-11,14-15,22,30H,6-7,12-13H2,1-5H3/b23-21+. The maximum Gasteiger partial charge on any atom is 0.295 e. The van der Waals surface area contributed by atoms with Gasteiger partial charge in [-0.3, -0.25) is 19.7 Å². The summed E-state index contributed by atoms with van der Waals surface area (Å²) in [5.41, 5.74) is 0.339. The Bertz CT molecular complexity index is 1180. The van der Waals surface area contributed by atoms with E-state index in [0.29, 0.717) is 29.4 Å². The fourth-order valence-electron chi connectivity index (χ4n) is 4.40. The quantitative estimate of drug-likeness (QED) is 0.158. The molecule has 0 saturated carbocycles. The highest BCUT2D eigenvalue weighted by Crippen LogP contribution is 2.45. The summed E-state index contributed by atoms with van der Waals surface area (Å²) in [6.45, 7) is 6.27. The van der Waals surface area contributed by atoms with Crippen LogP contribution in [0.25, 0.3) is 5.76 Å². The maximum absolute atomic E-state index is 13.3. The Morgan fingerprint density at radius 1 is 1.03 bits per heavy atom. The molecule has 1 fully saturated rings. The molecule has 198 valence electrons. The molecule has 0 aromatic heterocycles. The van der Waals surface area contributed by atoms with Gasteiger partial charge in [0.25, 0.3) is 17.4 Å². The van der Waals surface area contributed by atoms with Gasteiger partial charge in [-0.1, -0.05) is 13.8 Å². The molecule has 1 aliphatic rings. The van der Waals surface area contributed by atoms with E-state index in [1.165, 1.54) is 50.5 Å². The van der Waals surface area contributed by atoms with Crippen LogP contribution in [0.3, 0.4) is 0 Å². The fourth-order valence-corrected chi connectivity index (χ4v) is 4.40. The Labute approximate surface area is 215 Å². The molecule has 2 aromatic rings. The number of rotatable bonds is 11. The number of benzene rings is 2. The number of hydrogen-bond donors (Lipinski definition) is 1. The number of Topliss-reactive ketones (excluding diaryl/α,β-unsaturated/α-hetero) is 1. The van der Waals surface area contributed by atoms with Crippen LogP contribution in [0.5, 0.6) is 17.2 Å². The molecule has 1 heterocycles. The molecule has 0 spiro atoms. The van der Waals surface area contributed by atoms with Gasteiger partial charge in [-0.2, -0.15) is 0 Å². The molecule has 0 radical (unpaired) electrons. The Morgan fingerprint density at radius 3 is 2.05 bits per heavy atom. The van der Waals surface area contributed by atoms with Crippen molar-refractivity contribution >= 4 is 23.1 Å². The zero-order valence-corrected chi connectivity index (χ0v) is 21.5. The lowest BCUT2D eigenvalue weighted by Crippen LogP contribution is -2.38. The van der Waals surface area contributed by atoms with Gasteiger partial charge in [-0.25, -0.2) is 0 Å². The number of nitro benzene ring substituents is 1. The van der Waals surface area contributed by atoms with Crippen LogP contribution in [0.4, 0.5) is 5.69 Å². The minimum atomic E-state index is -0.959. The molecule has 3 rings (SSSR count). The Kier molecular flexibility index (Phi) is 8.72. The van der Waals surface area contributed by atoms with Crippen molar-refractivity contribution in [3.8, 4) is 17.2 Å². The molecule has 1 atom stereocenters. The van der Waals surface area contributed by atoms with Gasteiger partial charge in [0, 0.05) is 30.8 Å². The number of ketones is 1. The van der Waals surface area contributed by atoms with Crippen molar-refractivity contribution < 1.29 is 33.8 Å². The second kappa shape index (κ2) is 11.7. The predicted octanol–water partition coefficient (Wildman–Crippen LogP) is 3.38. The van der Waals surface area contributed by atoms with Crippen molar-refractivity contribution in [1.29, 1.82) is 0 Å². The van der Waals surface area contributed by atoms with E-state index in [2.05, 4.69) is 4.90 Å². The first-order valence-electron chi connectivity index (χ1n) is 11.8. The van der Waals surface area contributed by atoms with Crippen molar-refractivity contribution in [2.45, 2.75) is 19.9 Å². The first kappa shape index (κ1) is 27.5. The van der Waals surface area contributed by atoms with Crippen molar-refractivity contribution in [2.24, 2.45) is 0 Å². The molecule has 37 heavy (non-hydrogen) atoms. The van der Waals surface area contributed by atoms with Crippen LogP contribution in [-0.4, -0.2) is 79.0 Å². The molecular weight excluding hydrogens is 482 g/mol. The van der Waals surface area contributed by atoms with Crippen LogP contribution < -0.4 is 14.2 Å². The number of nitro groups is 1. The van der Waals surface area contributed by atoms with E-state index in [1.807, 2.05) is 13.8 Å². The van der Waals surface area contributed by atoms with E-state index in [1.54, 1.807) is 12.1 Å². The number of hydrogen-bond acceptors (Lipinski definition) is 9. The molecular formula is C26H31N3O8. The summed E-state index contributed by atoms with van der Waals surface area (Å²) in [7, 11) is 4.37. The van der Waals surface area contributed by atoms with Gasteiger partial charge in [0.05, 0.1) is 37.9 Å². The van der Waals surface area contributed by atoms with Crippen molar-refractivity contribution in [1.82, 2.24) is 9.80 Å². The topological polar surface area (TPSA) is 132 Å². The van der Waals surface area contributed by atoms with E-state index in [9.17, 15) is 24.8 Å². The monoisotopic (exact) mass is 513 g/mol. The van der Waals surface area contributed by atoms with Gasteiger partial charge in [0.2, 0.25) is 5.75 Å². The van der Waals surface area contributed by atoms with E-state index in [4.69, 9.17) is 14.2 Å². The zero-order chi connectivity index (χ0) is 27.3. The SMILES string of the molecule is CCN(CC)CCN1C(=O)C(=O)/C(=C(/O)c2ccc([N+](=O)[O-])cc2)C1c1cc(OC)c(OC)c(OC)c1. The lowest BCUT2D eigenvalue weighted by atomic mass is 9.94. The van der Waals surface area contributed by atoms with Gasteiger partial charge < -0.3 is 29.1 Å². The van der Waals surface area contributed by atoms with Crippen LogP contribution in [0.15, 0.2) is 42.0 Å². The molecule has 1 unspecified atom stereocenters. The van der Waals surface area contributed by atoms with Gasteiger partial charge >= 0.3 is 0 Å². The lowest BCUT2D eigenvalue weighted by molar-refractivity contribution is -0.384. The smallest absolute Gasteiger partial charge is 0.295 e. The number of ether oxygens (including phenoxy) is 3. The third-order valence-electron chi connectivity index (χ3n) is 6.45. The first-order chi connectivity index (χ1) is 17.7. The summed E-state index contributed by atoms with van der Waals surface area (Å²) >= 11 is 0. The average Bonchev–Trinajstić information content (AvgIpc) is 3.17. The van der Waals surface area contributed by atoms with Crippen LogP contribution in [0.1, 0.15) is 31.0 Å². The van der Waals surface area contributed by atoms with Gasteiger partial charge in [0.1, 0.15) is 5.76 Å². The van der Waals surface area contributed by atoms with Crippen LogP contribution in [0.2, 0.25) is 0 Å². The Hall–Kier alpha value is -4.12. The number of non-ortho nitro benzene ring substituents is 1. The van der Waals surface area contributed by atoms with E-state index in [0.717, 1.165) is 13.1 Å². The normalized spacial score (nSPS) is 16.8. The van der Waals surface area contributed by atoms with E-state index >= 15 is 0 Å². The highest BCUT2D eigenvalue weighted by atomic mass is 16.6. The minimum Gasteiger partial charge on any atom is -0.507 e. The molecule has 1 amide bonds. The average molecular weight is 514 g/mol. The second-order valence-electron chi connectivity index (χ2n) is 8.28. The van der Waals surface area contributed by atoms with Gasteiger partial charge in [-0.15, -0.1) is 0 Å². The Balaban J connectivity index is 2.22. The number of likely N-dealkylation sites (tertiary alicyclic amines) is 1. The lowest BCUT2D eigenvalue weighted by Gasteiger charge is -2.29. The summed E-state index contributed by atoms with van der Waals surface area (Å²) < 4.78 is 16.4. The van der Waals surface area contributed by atoms with Crippen molar-refractivity contribution in [2.75, 3.05) is 47.5 Å². The van der Waals surface area contributed by atoms with Crippen LogP contribution in [-0.2, 0) is 9.59 Å². The molecule has 1 saturated heterocycles. The summed E-state index contributed by atoms with van der Waals surface area (Å²) in [5, 5.41) is 22.3. The molecule has 2 aromatic carbocycles. The van der Waals surface area contributed by atoms with E-state index in [-0.39, 0.29) is 23.4 Å². The van der Waals surface area contributed by atoms with Crippen molar-refractivity contribution in [3.05, 3.63) is 63.2 Å².